The molecule has 0 aliphatic heterocycles. The van der Waals surface area contributed by atoms with Gasteiger partial charge in [0, 0.05) is 16.3 Å². The van der Waals surface area contributed by atoms with E-state index in [9.17, 15) is 13.2 Å². The summed E-state index contributed by atoms with van der Waals surface area (Å²) in [5, 5.41) is 3.49. The molecule has 0 bridgehead atoms. The minimum atomic E-state index is -3.79. The van der Waals surface area contributed by atoms with E-state index < -0.39 is 10.0 Å². The number of sulfonamides is 1. The van der Waals surface area contributed by atoms with Crippen molar-refractivity contribution in [3.05, 3.63) is 94.5 Å². The lowest BCUT2D eigenvalue weighted by Gasteiger charge is -2.20. The first kappa shape index (κ1) is 21.9. The topological polar surface area (TPSA) is 75.3 Å². The molecule has 0 fully saturated rings. The van der Waals surface area contributed by atoms with Crippen LogP contribution < -0.4 is 10.0 Å². The lowest BCUT2D eigenvalue weighted by Crippen LogP contribution is -2.28. The van der Waals surface area contributed by atoms with Gasteiger partial charge in [0.1, 0.15) is 0 Å². The maximum absolute atomic E-state index is 12.8. The zero-order valence-electron chi connectivity index (χ0n) is 16.7. The third-order valence-corrected chi connectivity index (χ3v) is 6.43. The van der Waals surface area contributed by atoms with Gasteiger partial charge in [0.05, 0.1) is 10.9 Å². The number of hydrogen-bond acceptors (Lipinski definition) is 3. The molecule has 0 heterocycles. The second-order valence-electron chi connectivity index (χ2n) is 6.93. The zero-order chi connectivity index (χ0) is 21.7. The number of hydrogen-bond donors (Lipinski definition) is 2. The van der Waals surface area contributed by atoms with Gasteiger partial charge in [-0.25, -0.2) is 8.42 Å². The van der Waals surface area contributed by atoms with Crippen LogP contribution >= 0.6 is 11.6 Å². The van der Waals surface area contributed by atoms with Crippen molar-refractivity contribution in [2.24, 2.45) is 0 Å². The molecule has 0 aromatic heterocycles. The van der Waals surface area contributed by atoms with E-state index in [-0.39, 0.29) is 16.8 Å². The van der Waals surface area contributed by atoms with E-state index in [4.69, 9.17) is 11.6 Å². The van der Waals surface area contributed by atoms with Crippen LogP contribution in [-0.2, 0) is 10.0 Å². The number of rotatable bonds is 7. The molecular weight excluding hydrogens is 420 g/mol. The molecule has 3 rings (SSSR count). The molecule has 0 unspecified atom stereocenters. The van der Waals surface area contributed by atoms with Crippen molar-refractivity contribution in [3.8, 4) is 0 Å². The van der Waals surface area contributed by atoms with Gasteiger partial charge >= 0.3 is 0 Å². The van der Waals surface area contributed by atoms with E-state index in [0.29, 0.717) is 16.3 Å². The Morgan fingerprint density at radius 1 is 1.00 bits per heavy atom. The minimum Gasteiger partial charge on any atom is -0.345 e. The minimum absolute atomic E-state index is 0.0901. The van der Waals surface area contributed by atoms with Crippen molar-refractivity contribution >= 4 is 33.2 Å². The van der Waals surface area contributed by atoms with Crippen LogP contribution in [0.5, 0.6) is 0 Å². The van der Waals surface area contributed by atoms with E-state index in [2.05, 4.69) is 10.0 Å². The Morgan fingerprint density at radius 3 is 2.37 bits per heavy atom. The van der Waals surface area contributed by atoms with Crippen molar-refractivity contribution in [1.29, 1.82) is 0 Å². The Kier molecular flexibility index (Phi) is 6.80. The van der Waals surface area contributed by atoms with Crippen LogP contribution in [0.2, 0.25) is 5.02 Å². The van der Waals surface area contributed by atoms with Crippen LogP contribution in [0.3, 0.4) is 0 Å². The van der Waals surface area contributed by atoms with E-state index in [1.807, 2.05) is 38.1 Å². The summed E-state index contributed by atoms with van der Waals surface area (Å²) in [4.78, 5) is 12.9. The Hall–Kier alpha value is -2.83. The van der Waals surface area contributed by atoms with Crippen LogP contribution in [0.1, 0.15) is 40.9 Å². The summed E-state index contributed by atoms with van der Waals surface area (Å²) in [6.45, 7) is 4.02. The third-order valence-electron chi connectivity index (χ3n) is 4.78. The normalized spacial score (nSPS) is 12.2. The molecule has 3 aromatic carbocycles. The van der Waals surface area contributed by atoms with Crippen molar-refractivity contribution in [2.75, 3.05) is 4.72 Å². The zero-order valence-corrected chi connectivity index (χ0v) is 18.3. The highest BCUT2D eigenvalue weighted by Gasteiger charge is 2.18. The molecule has 0 aliphatic carbocycles. The van der Waals surface area contributed by atoms with Gasteiger partial charge in [-0.2, -0.15) is 0 Å². The maximum Gasteiger partial charge on any atom is 0.261 e. The van der Waals surface area contributed by atoms with Gasteiger partial charge in [-0.05, 0) is 66.9 Å². The van der Waals surface area contributed by atoms with Crippen LogP contribution in [0.15, 0.2) is 77.7 Å². The van der Waals surface area contributed by atoms with Gasteiger partial charge < -0.3 is 5.32 Å². The molecule has 1 amide bonds. The second-order valence-corrected chi connectivity index (χ2v) is 9.05. The number of benzene rings is 3. The predicted octanol–water partition coefficient (Wildman–Crippen LogP) is 5.33. The first-order chi connectivity index (χ1) is 14.3. The molecule has 7 heteroatoms. The van der Waals surface area contributed by atoms with Gasteiger partial charge in [-0.3, -0.25) is 9.52 Å². The quantitative estimate of drug-likeness (QED) is 0.519. The van der Waals surface area contributed by atoms with Crippen molar-refractivity contribution < 1.29 is 13.2 Å². The maximum atomic E-state index is 12.8. The van der Waals surface area contributed by atoms with Gasteiger partial charge in [-0.1, -0.05) is 48.9 Å². The Balaban J connectivity index is 1.78. The monoisotopic (exact) mass is 442 g/mol. The Bertz CT molecular complexity index is 1150. The number of carbonyl (C=O) groups is 1. The standard InChI is InChI=1S/C23H23ClN2O3S/c1-3-22(21-10-5-4-7-16(21)2)25-23(27)17-8-6-9-19(15-17)26-30(28,29)20-13-11-18(24)12-14-20/h4-15,22,26H,3H2,1-2H3,(H,25,27)/t22-/m0/s1. The fourth-order valence-electron chi connectivity index (χ4n) is 3.17. The van der Waals surface area contributed by atoms with Gasteiger partial charge in [-0.15, -0.1) is 0 Å². The summed E-state index contributed by atoms with van der Waals surface area (Å²) in [6.07, 6.45) is 0.736. The molecule has 0 saturated heterocycles. The second kappa shape index (κ2) is 9.32. The molecule has 3 aromatic rings. The van der Waals surface area contributed by atoms with Crippen LogP contribution in [0.25, 0.3) is 0 Å². The molecule has 2 N–H and O–H groups in total. The molecule has 5 nitrogen and oxygen atoms in total. The number of amides is 1. The highest BCUT2D eigenvalue weighted by Crippen LogP contribution is 2.22. The van der Waals surface area contributed by atoms with E-state index in [1.165, 1.54) is 30.3 Å². The van der Waals surface area contributed by atoms with E-state index >= 15 is 0 Å². The fourth-order valence-corrected chi connectivity index (χ4v) is 4.35. The summed E-state index contributed by atoms with van der Waals surface area (Å²) < 4.78 is 27.7. The summed E-state index contributed by atoms with van der Waals surface area (Å²) >= 11 is 5.83. The molecular formula is C23H23ClN2O3S. The summed E-state index contributed by atoms with van der Waals surface area (Å²) in [6, 6.07) is 20.1. The molecule has 30 heavy (non-hydrogen) atoms. The van der Waals surface area contributed by atoms with Gasteiger partial charge in [0.15, 0.2) is 0 Å². The number of anilines is 1. The fraction of sp³-hybridized carbons (Fsp3) is 0.174. The lowest BCUT2D eigenvalue weighted by atomic mass is 9.99. The SMILES string of the molecule is CC[C@H](NC(=O)c1cccc(NS(=O)(=O)c2ccc(Cl)cc2)c1)c1ccccc1C. The lowest BCUT2D eigenvalue weighted by molar-refractivity contribution is 0.0935. The number of carbonyl (C=O) groups excluding carboxylic acids is 1. The molecule has 0 saturated carbocycles. The highest BCUT2D eigenvalue weighted by atomic mass is 35.5. The van der Waals surface area contributed by atoms with Crippen molar-refractivity contribution in [2.45, 2.75) is 31.2 Å². The largest absolute Gasteiger partial charge is 0.345 e. The Labute approximate surface area is 182 Å². The molecule has 1 atom stereocenters. The smallest absolute Gasteiger partial charge is 0.261 e. The first-order valence-electron chi connectivity index (χ1n) is 9.55. The van der Waals surface area contributed by atoms with Crippen LogP contribution in [0, 0.1) is 6.92 Å². The molecule has 0 spiro atoms. The summed E-state index contributed by atoms with van der Waals surface area (Å²) in [5.41, 5.74) is 2.85. The first-order valence-corrected chi connectivity index (χ1v) is 11.4. The number of halogens is 1. The van der Waals surface area contributed by atoms with Gasteiger partial charge in [0.2, 0.25) is 0 Å². The van der Waals surface area contributed by atoms with Crippen molar-refractivity contribution in [3.63, 3.8) is 0 Å². The molecule has 156 valence electrons. The van der Waals surface area contributed by atoms with Crippen LogP contribution in [0.4, 0.5) is 5.69 Å². The van der Waals surface area contributed by atoms with Crippen LogP contribution in [-0.4, -0.2) is 14.3 Å². The highest BCUT2D eigenvalue weighted by molar-refractivity contribution is 7.92. The summed E-state index contributed by atoms with van der Waals surface area (Å²) in [7, 11) is -3.79. The Morgan fingerprint density at radius 2 is 1.70 bits per heavy atom. The number of nitrogens with one attached hydrogen (secondary N) is 2. The van der Waals surface area contributed by atoms with E-state index in [1.54, 1.807) is 18.2 Å². The predicted molar refractivity (Wildman–Crippen MR) is 120 cm³/mol. The molecule has 0 aliphatic rings. The van der Waals surface area contributed by atoms with Crippen molar-refractivity contribution in [1.82, 2.24) is 5.32 Å². The van der Waals surface area contributed by atoms with E-state index in [0.717, 1.165) is 17.5 Å². The van der Waals surface area contributed by atoms with Gasteiger partial charge in [0.25, 0.3) is 15.9 Å². The third kappa shape index (κ3) is 5.20. The average Bonchev–Trinajstić information content (AvgIpc) is 2.72. The average molecular weight is 443 g/mol. The number of aryl methyl sites for hydroxylation is 1. The molecule has 0 radical (unpaired) electrons. The summed E-state index contributed by atoms with van der Waals surface area (Å²) in [5.74, 6) is -0.266.